The summed E-state index contributed by atoms with van der Waals surface area (Å²) in [5.41, 5.74) is 6.83. The van der Waals surface area contributed by atoms with Crippen LogP contribution in [0.3, 0.4) is 0 Å². The number of nitrogens with two attached hydrogens (primary N) is 1. The first-order valence-corrected chi connectivity index (χ1v) is 5.33. The highest BCUT2D eigenvalue weighted by Gasteiger charge is 2.13. The van der Waals surface area contributed by atoms with Gasteiger partial charge in [0.15, 0.2) is 0 Å². The van der Waals surface area contributed by atoms with Crippen molar-refractivity contribution in [3.8, 4) is 0 Å². The number of hydrogen-bond acceptors (Lipinski definition) is 4. The maximum atomic E-state index is 11.3. The SMILES string of the molecule is NCC(O)C(=O)NCc1coc2ccccc12. The molecule has 5 heteroatoms. The lowest BCUT2D eigenvalue weighted by molar-refractivity contribution is -0.128. The van der Waals surface area contributed by atoms with Crippen molar-refractivity contribution in [2.45, 2.75) is 12.6 Å². The van der Waals surface area contributed by atoms with Crippen molar-refractivity contribution < 1.29 is 14.3 Å². The Hall–Kier alpha value is -1.85. The van der Waals surface area contributed by atoms with E-state index in [-0.39, 0.29) is 6.54 Å². The molecule has 0 spiro atoms. The molecular weight excluding hydrogens is 220 g/mol. The zero-order valence-electron chi connectivity index (χ0n) is 9.22. The second-order valence-corrected chi connectivity index (χ2v) is 3.73. The molecule has 1 amide bonds. The largest absolute Gasteiger partial charge is 0.464 e. The fourth-order valence-electron chi connectivity index (χ4n) is 1.58. The van der Waals surface area contributed by atoms with Crippen LogP contribution >= 0.6 is 0 Å². The summed E-state index contributed by atoms with van der Waals surface area (Å²) in [5.74, 6) is -0.474. The number of nitrogens with one attached hydrogen (secondary N) is 1. The van der Waals surface area contributed by atoms with Gasteiger partial charge in [0.25, 0.3) is 0 Å². The van der Waals surface area contributed by atoms with Crippen LogP contribution in [0.1, 0.15) is 5.56 Å². The Kier molecular flexibility index (Phi) is 3.41. The quantitative estimate of drug-likeness (QED) is 0.713. The lowest BCUT2D eigenvalue weighted by Crippen LogP contribution is -2.38. The molecule has 0 aliphatic heterocycles. The van der Waals surface area contributed by atoms with Gasteiger partial charge in [0.2, 0.25) is 5.91 Å². The molecule has 17 heavy (non-hydrogen) atoms. The van der Waals surface area contributed by atoms with Crippen molar-refractivity contribution in [2.24, 2.45) is 5.73 Å². The minimum absolute atomic E-state index is 0.0853. The molecule has 0 fully saturated rings. The molecule has 4 N–H and O–H groups in total. The number of furan rings is 1. The molecule has 2 rings (SSSR count). The van der Waals surface area contributed by atoms with E-state index in [2.05, 4.69) is 5.32 Å². The van der Waals surface area contributed by atoms with Crippen molar-refractivity contribution >= 4 is 16.9 Å². The van der Waals surface area contributed by atoms with Gasteiger partial charge >= 0.3 is 0 Å². The summed E-state index contributed by atoms with van der Waals surface area (Å²) >= 11 is 0. The van der Waals surface area contributed by atoms with E-state index in [1.807, 2.05) is 24.3 Å². The average Bonchev–Trinajstić information content (AvgIpc) is 2.78. The molecule has 2 aromatic rings. The van der Waals surface area contributed by atoms with Crippen LogP contribution in [0.2, 0.25) is 0 Å². The van der Waals surface area contributed by atoms with E-state index in [1.54, 1.807) is 6.26 Å². The van der Waals surface area contributed by atoms with E-state index < -0.39 is 12.0 Å². The predicted molar refractivity (Wildman–Crippen MR) is 63.1 cm³/mol. The Labute approximate surface area is 98.2 Å². The van der Waals surface area contributed by atoms with Gasteiger partial charge in [-0.1, -0.05) is 18.2 Å². The molecule has 5 nitrogen and oxygen atoms in total. The lowest BCUT2D eigenvalue weighted by atomic mass is 10.2. The van der Waals surface area contributed by atoms with Gasteiger partial charge in [-0.05, 0) is 6.07 Å². The van der Waals surface area contributed by atoms with Crippen LogP contribution < -0.4 is 11.1 Å². The summed E-state index contributed by atoms with van der Waals surface area (Å²) in [4.78, 5) is 11.3. The summed E-state index contributed by atoms with van der Waals surface area (Å²) in [6.45, 7) is 0.227. The number of carbonyl (C=O) groups is 1. The summed E-state index contributed by atoms with van der Waals surface area (Å²) in [6.07, 6.45) is 0.438. The third-order valence-electron chi connectivity index (χ3n) is 2.54. The highest BCUT2D eigenvalue weighted by molar-refractivity contribution is 5.83. The van der Waals surface area contributed by atoms with Crippen molar-refractivity contribution in [1.29, 1.82) is 0 Å². The Morgan fingerprint density at radius 1 is 1.47 bits per heavy atom. The second-order valence-electron chi connectivity index (χ2n) is 3.73. The van der Waals surface area contributed by atoms with Crippen LogP contribution in [-0.4, -0.2) is 23.7 Å². The molecule has 1 atom stereocenters. The zero-order chi connectivity index (χ0) is 12.3. The molecule has 0 saturated heterocycles. The number of benzene rings is 1. The fourth-order valence-corrected chi connectivity index (χ4v) is 1.58. The van der Waals surface area contributed by atoms with Crippen LogP contribution in [0, 0.1) is 0 Å². The molecule has 1 unspecified atom stereocenters. The zero-order valence-corrected chi connectivity index (χ0v) is 9.22. The molecule has 1 aromatic carbocycles. The van der Waals surface area contributed by atoms with Gasteiger partial charge < -0.3 is 20.6 Å². The summed E-state index contributed by atoms with van der Waals surface area (Å²) in [5, 5.41) is 12.8. The maximum absolute atomic E-state index is 11.3. The van der Waals surface area contributed by atoms with Gasteiger partial charge in [0.1, 0.15) is 11.7 Å². The molecule has 0 radical (unpaired) electrons. The number of para-hydroxylation sites is 1. The van der Waals surface area contributed by atoms with E-state index in [1.165, 1.54) is 0 Å². The van der Waals surface area contributed by atoms with E-state index in [0.717, 1.165) is 16.5 Å². The monoisotopic (exact) mass is 234 g/mol. The molecule has 90 valence electrons. The lowest BCUT2D eigenvalue weighted by Gasteiger charge is -2.07. The van der Waals surface area contributed by atoms with Gasteiger partial charge in [-0.2, -0.15) is 0 Å². The van der Waals surface area contributed by atoms with Gasteiger partial charge in [-0.15, -0.1) is 0 Å². The first-order valence-electron chi connectivity index (χ1n) is 5.33. The van der Waals surface area contributed by atoms with Gasteiger partial charge in [-0.25, -0.2) is 0 Å². The molecule has 1 heterocycles. The fraction of sp³-hybridized carbons (Fsp3) is 0.250. The van der Waals surface area contributed by atoms with E-state index >= 15 is 0 Å². The molecule has 1 aromatic heterocycles. The minimum atomic E-state index is -1.16. The Bertz CT molecular complexity index is 521. The Morgan fingerprint density at radius 2 is 2.24 bits per heavy atom. The maximum Gasteiger partial charge on any atom is 0.250 e. The number of aliphatic hydroxyl groups is 1. The summed E-state index contributed by atoms with van der Waals surface area (Å²) in [6, 6.07) is 7.55. The number of carbonyl (C=O) groups excluding carboxylic acids is 1. The van der Waals surface area contributed by atoms with Crippen molar-refractivity contribution in [2.75, 3.05) is 6.54 Å². The van der Waals surface area contributed by atoms with Crippen LogP contribution in [0.5, 0.6) is 0 Å². The Morgan fingerprint density at radius 3 is 3.00 bits per heavy atom. The summed E-state index contributed by atoms with van der Waals surface area (Å²) in [7, 11) is 0. The van der Waals surface area contributed by atoms with Gasteiger partial charge in [0, 0.05) is 24.0 Å². The molecular formula is C12H14N2O3. The standard InChI is InChI=1S/C12H14N2O3/c13-5-10(15)12(16)14-6-8-7-17-11-4-2-1-3-9(8)11/h1-4,7,10,15H,5-6,13H2,(H,14,16). The highest BCUT2D eigenvalue weighted by atomic mass is 16.3. The number of rotatable bonds is 4. The van der Waals surface area contributed by atoms with Crippen molar-refractivity contribution in [3.63, 3.8) is 0 Å². The number of amides is 1. The van der Waals surface area contributed by atoms with E-state index in [0.29, 0.717) is 6.54 Å². The average molecular weight is 234 g/mol. The van der Waals surface area contributed by atoms with Crippen molar-refractivity contribution in [1.82, 2.24) is 5.32 Å². The van der Waals surface area contributed by atoms with Crippen LogP contribution in [0.4, 0.5) is 0 Å². The normalized spacial score (nSPS) is 12.6. The number of hydrogen-bond donors (Lipinski definition) is 3. The van der Waals surface area contributed by atoms with Crippen LogP contribution in [-0.2, 0) is 11.3 Å². The van der Waals surface area contributed by atoms with Gasteiger partial charge in [0.05, 0.1) is 6.26 Å². The van der Waals surface area contributed by atoms with E-state index in [9.17, 15) is 9.90 Å². The smallest absolute Gasteiger partial charge is 0.250 e. The summed E-state index contributed by atoms with van der Waals surface area (Å²) < 4.78 is 5.33. The van der Waals surface area contributed by atoms with Gasteiger partial charge in [-0.3, -0.25) is 4.79 Å². The van der Waals surface area contributed by atoms with Crippen LogP contribution in [0.15, 0.2) is 34.9 Å². The van der Waals surface area contributed by atoms with E-state index in [4.69, 9.17) is 10.2 Å². The molecule has 0 bridgehead atoms. The minimum Gasteiger partial charge on any atom is -0.464 e. The topological polar surface area (TPSA) is 88.5 Å². The second kappa shape index (κ2) is 4.99. The third kappa shape index (κ3) is 2.46. The molecule has 0 aliphatic carbocycles. The number of aliphatic hydroxyl groups excluding tert-OH is 1. The highest BCUT2D eigenvalue weighted by Crippen LogP contribution is 2.20. The number of fused-ring (bicyclic) bond motifs is 1. The Balaban J connectivity index is 2.07. The van der Waals surface area contributed by atoms with Crippen molar-refractivity contribution in [3.05, 3.63) is 36.1 Å². The molecule has 0 aliphatic rings. The predicted octanol–water partition coefficient (Wildman–Crippen LogP) is 0.369. The van der Waals surface area contributed by atoms with Crippen LogP contribution in [0.25, 0.3) is 11.0 Å². The molecule has 0 saturated carbocycles. The third-order valence-corrected chi connectivity index (χ3v) is 2.54. The first kappa shape index (κ1) is 11.6. The first-order chi connectivity index (χ1) is 8.22.